The van der Waals surface area contributed by atoms with Gasteiger partial charge in [-0.1, -0.05) is 12.1 Å². The number of para-hydroxylation sites is 1. The number of benzene rings is 1. The Hall–Kier alpha value is -1.92. The van der Waals surface area contributed by atoms with E-state index in [0.717, 1.165) is 50.0 Å². The molecule has 4 aliphatic rings. The Morgan fingerprint density at radius 3 is 2.74 bits per heavy atom. The molecule has 1 saturated carbocycles. The van der Waals surface area contributed by atoms with Crippen LogP contribution >= 0.6 is 0 Å². The van der Waals surface area contributed by atoms with E-state index in [9.17, 15) is 14.7 Å². The SMILES string of the molecule is CC(=O)Oc1cccc2c1N(C(C)=O)C1CCC3(O)CCCN4CCC21C43. The molecule has 1 N–H and O–H groups in total. The van der Waals surface area contributed by atoms with Crippen molar-refractivity contribution in [1.29, 1.82) is 0 Å². The lowest BCUT2D eigenvalue weighted by molar-refractivity contribution is -0.132. The number of carbonyl (C=O) groups is 2. The number of piperidine rings is 1. The molecule has 3 aliphatic heterocycles. The first-order valence-electron chi connectivity index (χ1n) is 9.97. The highest BCUT2D eigenvalue weighted by Crippen LogP contribution is 2.63. The summed E-state index contributed by atoms with van der Waals surface area (Å²) in [6.07, 6.45) is 4.24. The average Bonchev–Trinajstić information content (AvgIpc) is 3.13. The lowest BCUT2D eigenvalue weighted by atomic mass is 9.57. The van der Waals surface area contributed by atoms with E-state index in [-0.39, 0.29) is 29.4 Å². The summed E-state index contributed by atoms with van der Waals surface area (Å²) in [5.74, 6) is 0.0377. The number of aliphatic hydroxyl groups is 1. The molecule has 4 atom stereocenters. The van der Waals surface area contributed by atoms with Gasteiger partial charge in [-0.15, -0.1) is 0 Å². The molecule has 1 aromatic rings. The normalized spacial score (nSPS) is 36.8. The van der Waals surface area contributed by atoms with Gasteiger partial charge in [-0.25, -0.2) is 0 Å². The van der Waals surface area contributed by atoms with E-state index in [1.807, 2.05) is 11.0 Å². The number of anilines is 1. The largest absolute Gasteiger partial charge is 0.424 e. The Labute approximate surface area is 159 Å². The smallest absolute Gasteiger partial charge is 0.308 e. The van der Waals surface area contributed by atoms with Crippen LogP contribution < -0.4 is 9.64 Å². The summed E-state index contributed by atoms with van der Waals surface area (Å²) in [5, 5.41) is 11.5. The van der Waals surface area contributed by atoms with Crippen LogP contribution in [-0.2, 0) is 15.0 Å². The maximum absolute atomic E-state index is 12.7. The van der Waals surface area contributed by atoms with Gasteiger partial charge >= 0.3 is 5.97 Å². The van der Waals surface area contributed by atoms with Crippen LogP contribution in [0.4, 0.5) is 5.69 Å². The zero-order valence-electron chi connectivity index (χ0n) is 15.9. The summed E-state index contributed by atoms with van der Waals surface area (Å²) in [4.78, 5) is 28.7. The summed E-state index contributed by atoms with van der Waals surface area (Å²) >= 11 is 0. The van der Waals surface area contributed by atoms with Crippen molar-refractivity contribution < 1.29 is 19.4 Å². The van der Waals surface area contributed by atoms with E-state index in [4.69, 9.17) is 4.74 Å². The minimum atomic E-state index is -0.702. The van der Waals surface area contributed by atoms with Gasteiger partial charge in [0.1, 0.15) is 0 Å². The molecule has 6 heteroatoms. The second-order valence-corrected chi connectivity index (χ2v) is 8.63. The highest BCUT2D eigenvalue weighted by molar-refractivity contribution is 5.98. The topological polar surface area (TPSA) is 70.1 Å². The van der Waals surface area contributed by atoms with Crippen LogP contribution in [0, 0.1) is 0 Å². The van der Waals surface area contributed by atoms with Gasteiger partial charge in [0.05, 0.1) is 17.3 Å². The molecule has 2 saturated heterocycles. The maximum Gasteiger partial charge on any atom is 0.308 e. The fourth-order valence-electron chi connectivity index (χ4n) is 6.70. The van der Waals surface area contributed by atoms with E-state index in [1.54, 1.807) is 13.0 Å². The Kier molecular flexibility index (Phi) is 3.53. The molecule has 0 bridgehead atoms. The molecule has 1 aromatic carbocycles. The first-order valence-corrected chi connectivity index (χ1v) is 9.97. The molecule has 4 unspecified atom stereocenters. The lowest BCUT2D eigenvalue weighted by Gasteiger charge is -2.56. The van der Waals surface area contributed by atoms with Gasteiger partial charge in [0.15, 0.2) is 5.75 Å². The minimum absolute atomic E-state index is 0.00934. The Balaban J connectivity index is 1.75. The van der Waals surface area contributed by atoms with Gasteiger partial charge in [-0.3, -0.25) is 14.5 Å². The molecular formula is C21H26N2O4. The van der Waals surface area contributed by atoms with E-state index in [0.29, 0.717) is 12.2 Å². The molecule has 1 aliphatic carbocycles. The number of amides is 1. The number of carbonyl (C=O) groups excluding carboxylic acids is 2. The van der Waals surface area contributed by atoms with Gasteiger partial charge in [0, 0.05) is 25.3 Å². The molecule has 0 aromatic heterocycles. The third kappa shape index (κ3) is 2.08. The second-order valence-electron chi connectivity index (χ2n) is 8.63. The molecule has 1 amide bonds. The molecule has 0 radical (unpaired) electrons. The Morgan fingerprint density at radius 2 is 2.00 bits per heavy atom. The minimum Gasteiger partial charge on any atom is -0.424 e. The van der Waals surface area contributed by atoms with Crippen molar-refractivity contribution in [3.05, 3.63) is 23.8 Å². The van der Waals surface area contributed by atoms with Crippen molar-refractivity contribution in [2.75, 3.05) is 18.0 Å². The second kappa shape index (κ2) is 5.55. The van der Waals surface area contributed by atoms with Crippen molar-refractivity contribution >= 4 is 17.6 Å². The van der Waals surface area contributed by atoms with Crippen LogP contribution in [0.15, 0.2) is 18.2 Å². The van der Waals surface area contributed by atoms with Crippen molar-refractivity contribution in [1.82, 2.24) is 4.90 Å². The predicted molar refractivity (Wildman–Crippen MR) is 99.8 cm³/mol. The fourth-order valence-corrected chi connectivity index (χ4v) is 6.70. The summed E-state index contributed by atoms with van der Waals surface area (Å²) in [5.41, 5.74) is 0.813. The van der Waals surface area contributed by atoms with Gasteiger partial charge in [-0.2, -0.15) is 0 Å². The molecule has 27 heavy (non-hydrogen) atoms. The molecule has 1 spiro atoms. The summed E-state index contributed by atoms with van der Waals surface area (Å²) in [6, 6.07) is 5.78. The average molecular weight is 370 g/mol. The molecule has 5 rings (SSSR count). The first kappa shape index (κ1) is 17.2. The number of hydrogen-bond acceptors (Lipinski definition) is 5. The monoisotopic (exact) mass is 370 g/mol. The van der Waals surface area contributed by atoms with Crippen molar-refractivity contribution in [3.63, 3.8) is 0 Å². The van der Waals surface area contributed by atoms with Crippen molar-refractivity contribution in [2.45, 2.75) is 69.1 Å². The molecule has 6 nitrogen and oxygen atoms in total. The third-order valence-electron chi connectivity index (χ3n) is 7.32. The van der Waals surface area contributed by atoms with Crippen molar-refractivity contribution in [3.8, 4) is 5.75 Å². The van der Waals surface area contributed by atoms with Crippen molar-refractivity contribution in [2.24, 2.45) is 0 Å². The van der Waals surface area contributed by atoms with Crippen LogP contribution in [0.1, 0.15) is 51.5 Å². The van der Waals surface area contributed by atoms with Gasteiger partial charge in [0.25, 0.3) is 0 Å². The third-order valence-corrected chi connectivity index (χ3v) is 7.32. The Morgan fingerprint density at radius 1 is 1.19 bits per heavy atom. The van der Waals surface area contributed by atoms with Crippen LogP contribution in [0.25, 0.3) is 0 Å². The molecule has 3 fully saturated rings. The number of nitrogens with zero attached hydrogens (tertiary/aromatic N) is 2. The number of hydrogen-bond donors (Lipinski definition) is 1. The highest BCUT2D eigenvalue weighted by Gasteiger charge is 2.69. The van der Waals surface area contributed by atoms with E-state index in [2.05, 4.69) is 11.0 Å². The maximum atomic E-state index is 12.7. The van der Waals surface area contributed by atoms with E-state index in [1.165, 1.54) is 6.92 Å². The summed E-state index contributed by atoms with van der Waals surface area (Å²) in [7, 11) is 0. The quantitative estimate of drug-likeness (QED) is 0.605. The number of ether oxygens (including phenoxy) is 1. The number of rotatable bonds is 1. The van der Waals surface area contributed by atoms with Gasteiger partial charge < -0.3 is 14.7 Å². The standard InChI is InChI=1S/C21H26N2O4/c1-13(24)23-17-7-9-20(26)8-4-11-22-12-10-21(17,19(20)22)15-5-3-6-16(18(15)23)27-14(2)25/h3,5-6,17,19,26H,4,7-12H2,1-2H3. The number of esters is 1. The van der Waals surface area contributed by atoms with Gasteiger partial charge in [0.2, 0.25) is 5.91 Å². The Bertz CT molecular complexity index is 839. The van der Waals surface area contributed by atoms with Crippen LogP contribution in [0.2, 0.25) is 0 Å². The first-order chi connectivity index (χ1) is 12.9. The molecular weight excluding hydrogens is 344 g/mol. The fraction of sp³-hybridized carbons (Fsp3) is 0.619. The highest BCUT2D eigenvalue weighted by atomic mass is 16.5. The zero-order chi connectivity index (χ0) is 19.0. The van der Waals surface area contributed by atoms with Crippen LogP contribution in [0.5, 0.6) is 5.75 Å². The van der Waals surface area contributed by atoms with E-state index >= 15 is 0 Å². The predicted octanol–water partition coefficient (Wildman–Crippen LogP) is 1.98. The van der Waals surface area contributed by atoms with Crippen LogP contribution in [0.3, 0.4) is 0 Å². The number of fused-ring (bicyclic) bond motifs is 1. The zero-order valence-corrected chi connectivity index (χ0v) is 15.9. The molecule has 3 heterocycles. The lowest BCUT2D eigenvalue weighted by Crippen LogP contribution is -2.68. The summed E-state index contributed by atoms with van der Waals surface area (Å²) in [6.45, 7) is 4.91. The van der Waals surface area contributed by atoms with Gasteiger partial charge in [-0.05, 0) is 56.8 Å². The molecule has 144 valence electrons. The summed E-state index contributed by atoms with van der Waals surface area (Å²) < 4.78 is 5.50. The van der Waals surface area contributed by atoms with E-state index < -0.39 is 5.60 Å². The van der Waals surface area contributed by atoms with Crippen LogP contribution in [-0.4, -0.2) is 52.7 Å².